The Kier molecular flexibility index (Phi) is 5.22. The Morgan fingerprint density at radius 3 is 2.37 bits per heavy atom. The van der Waals surface area contributed by atoms with Gasteiger partial charge in [0, 0.05) is 38.6 Å². The number of carbonyl (C=O) groups is 1. The van der Waals surface area contributed by atoms with E-state index >= 15 is 0 Å². The van der Waals surface area contributed by atoms with Crippen LogP contribution in [0.25, 0.3) is 0 Å². The first-order valence-corrected chi connectivity index (χ1v) is 7.82. The largest absolute Gasteiger partial charge is 0.340 e. The molecule has 0 aromatic rings. The van der Waals surface area contributed by atoms with Gasteiger partial charge in [-0.25, -0.2) is 0 Å². The lowest BCUT2D eigenvalue weighted by Crippen LogP contribution is -2.50. The van der Waals surface area contributed by atoms with Crippen molar-refractivity contribution < 1.29 is 4.79 Å². The summed E-state index contributed by atoms with van der Waals surface area (Å²) >= 11 is 0. The van der Waals surface area contributed by atoms with E-state index in [0.29, 0.717) is 12.3 Å². The second-order valence-electron chi connectivity index (χ2n) is 6.61. The van der Waals surface area contributed by atoms with Gasteiger partial charge in [-0.15, -0.1) is 0 Å². The molecule has 4 nitrogen and oxygen atoms in total. The molecule has 0 radical (unpaired) electrons. The molecule has 1 saturated heterocycles. The Bertz CT molecular complexity index is 294. The van der Waals surface area contributed by atoms with Crippen LogP contribution >= 0.6 is 0 Å². The van der Waals surface area contributed by atoms with Crippen LogP contribution in [0, 0.1) is 11.8 Å². The maximum Gasteiger partial charge on any atom is 0.224 e. The van der Waals surface area contributed by atoms with E-state index in [0.717, 1.165) is 32.1 Å². The molecule has 1 saturated carbocycles. The van der Waals surface area contributed by atoms with E-state index < -0.39 is 0 Å². The van der Waals surface area contributed by atoms with Crippen LogP contribution in [-0.4, -0.2) is 54.5 Å². The average Bonchev–Trinajstić information content (AvgIpc) is 3.21. The molecule has 2 fully saturated rings. The molecule has 1 heterocycles. The predicted octanol–water partition coefficient (Wildman–Crippen LogP) is 1.30. The van der Waals surface area contributed by atoms with Crippen LogP contribution in [0.2, 0.25) is 0 Å². The smallest absolute Gasteiger partial charge is 0.224 e. The van der Waals surface area contributed by atoms with Crippen molar-refractivity contribution in [2.24, 2.45) is 17.6 Å². The highest BCUT2D eigenvalue weighted by molar-refractivity contribution is 5.77. The van der Waals surface area contributed by atoms with E-state index in [1.807, 2.05) is 4.90 Å². The number of hydrogen-bond donors (Lipinski definition) is 1. The number of hydrogen-bond acceptors (Lipinski definition) is 3. The number of amides is 1. The summed E-state index contributed by atoms with van der Waals surface area (Å²) < 4.78 is 0. The third-order valence-electron chi connectivity index (χ3n) is 4.39. The third-order valence-corrected chi connectivity index (χ3v) is 4.39. The fourth-order valence-corrected chi connectivity index (χ4v) is 2.68. The molecule has 0 aromatic heterocycles. The van der Waals surface area contributed by atoms with Crippen LogP contribution in [0.5, 0.6) is 0 Å². The van der Waals surface area contributed by atoms with Crippen LogP contribution in [0.4, 0.5) is 0 Å². The normalized spacial score (nSPS) is 22.8. The summed E-state index contributed by atoms with van der Waals surface area (Å²) in [7, 11) is 0. The van der Waals surface area contributed by atoms with Crippen molar-refractivity contribution in [1.29, 1.82) is 0 Å². The van der Waals surface area contributed by atoms with Gasteiger partial charge in [0.05, 0.1) is 0 Å². The topological polar surface area (TPSA) is 49.6 Å². The molecule has 2 rings (SSSR count). The Hall–Kier alpha value is -0.610. The summed E-state index contributed by atoms with van der Waals surface area (Å²) in [6.45, 7) is 9.51. The van der Waals surface area contributed by atoms with E-state index in [-0.39, 0.29) is 11.9 Å². The second kappa shape index (κ2) is 6.71. The van der Waals surface area contributed by atoms with E-state index in [1.165, 1.54) is 25.8 Å². The van der Waals surface area contributed by atoms with Gasteiger partial charge in [0.1, 0.15) is 0 Å². The highest BCUT2D eigenvalue weighted by atomic mass is 16.2. The molecule has 1 amide bonds. The molecular weight excluding hydrogens is 238 g/mol. The van der Waals surface area contributed by atoms with Crippen molar-refractivity contribution in [3.8, 4) is 0 Å². The summed E-state index contributed by atoms with van der Waals surface area (Å²) in [5.74, 6) is 1.65. The van der Waals surface area contributed by atoms with Crippen molar-refractivity contribution in [2.75, 3.05) is 32.7 Å². The minimum atomic E-state index is 0.103. The number of carbonyl (C=O) groups excluding carboxylic acids is 1. The zero-order valence-electron chi connectivity index (χ0n) is 12.5. The summed E-state index contributed by atoms with van der Waals surface area (Å²) in [6, 6.07) is 0.103. The Morgan fingerprint density at radius 1 is 1.21 bits per heavy atom. The molecule has 0 spiro atoms. The van der Waals surface area contributed by atoms with Gasteiger partial charge in [0.25, 0.3) is 0 Å². The Morgan fingerprint density at radius 2 is 1.84 bits per heavy atom. The lowest BCUT2D eigenvalue weighted by molar-refractivity contribution is -0.133. The molecule has 2 N–H and O–H groups in total. The SMILES string of the molecule is CC(C)CCN1CCN(C(=O)CC(N)C2CC2)CC1. The Balaban J connectivity index is 1.65. The molecule has 1 aliphatic heterocycles. The first-order chi connectivity index (χ1) is 9.06. The van der Waals surface area contributed by atoms with E-state index in [1.54, 1.807) is 0 Å². The van der Waals surface area contributed by atoms with E-state index in [2.05, 4.69) is 18.7 Å². The van der Waals surface area contributed by atoms with Crippen LogP contribution in [0.3, 0.4) is 0 Å². The maximum absolute atomic E-state index is 12.1. The van der Waals surface area contributed by atoms with Gasteiger partial charge >= 0.3 is 0 Å². The molecule has 1 unspecified atom stereocenters. The summed E-state index contributed by atoms with van der Waals surface area (Å²) in [5.41, 5.74) is 6.04. The Labute approximate surface area is 117 Å². The molecule has 110 valence electrons. The molecule has 0 aromatic carbocycles. The van der Waals surface area contributed by atoms with Gasteiger partial charge in [0.2, 0.25) is 5.91 Å². The van der Waals surface area contributed by atoms with Gasteiger partial charge in [-0.3, -0.25) is 9.69 Å². The van der Waals surface area contributed by atoms with Crippen LogP contribution in [-0.2, 0) is 4.79 Å². The predicted molar refractivity (Wildman–Crippen MR) is 77.8 cm³/mol. The van der Waals surface area contributed by atoms with Crippen molar-refractivity contribution in [3.05, 3.63) is 0 Å². The first kappa shape index (κ1) is 14.8. The summed E-state index contributed by atoms with van der Waals surface area (Å²) in [5, 5.41) is 0. The molecule has 1 atom stereocenters. The van der Waals surface area contributed by atoms with Crippen molar-refractivity contribution in [3.63, 3.8) is 0 Å². The minimum Gasteiger partial charge on any atom is -0.340 e. The molecule has 2 aliphatic rings. The van der Waals surface area contributed by atoms with E-state index in [4.69, 9.17) is 5.73 Å². The van der Waals surface area contributed by atoms with Crippen LogP contribution in [0.1, 0.15) is 39.5 Å². The van der Waals surface area contributed by atoms with Gasteiger partial charge in [-0.05, 0) is 37.6 Å². The van der Waals surface area contributed by atoms with Crippen LogP contribution < -0.4 is 5.73 Å². The zero-order valence-corrected chi connectivity index (χ0v) is 12.5. The number of nitrogens with zero attached hydrogens (tertiary/aromatic N) is 2. The standard InChI is InChI=1S/C15H29N3O/c1-12(2)5-6-17-7-9-18(10-8-17)15(19)11-14(16)13-3-4-13/h12-14H,3-11,16H2,1-2H3. The molecule has 1 aliphatic carbocycles. The molecule has 19 heavy (non-hydrogen) atoms. The van der Waals surface area contributed by atoms with Crippen molar-refractivity contribution in [1.82, 2.24) is 9.80 Å². The highest BCUT2D eigenvalue weighted by Crippen LogP contribution is 2.33. The van der Waals surface area contributed by atoms with E-state index in [9.17, 15) is 4.79 Å². The molecule has 0 bridgehead atoms. The highest BCUT2D eigenvalue weighted by Gasteiger charge is 2.31. The van der Waals surface area contributed by atoms with Gasteiger partial charge in [-0.1, -0.05) is 13.8 Å². The van der Waals surface area contributed by atoms with Gasteiger partial charge in [0.15, 0.2) is 0 Å². The third kappa shape index (κ3) is 4.77. The number of piperazine rings is 1. The maximum atomic E-state index is 12.1. The van der Waals surface area contributed by atoms with Crippen molar-refractivity contribution in [2.45, 2.75) is 45.6 Å². The molecule has 4 heteroatoms. The fraction of sp³-hybridized carbons (Fsp3) is 0.933. The minimum absolute atomic E-state index is 0.103. The lowest BCUT2D eigenvalue weighted by Gasteiger charge is -2.35. The summed E-state index contributed by atoms with van der Waals surface area (Å²) in [4.78, 5) is 16.6. The first-order valence-electron chi connectivity index (χ1n) is 7.82. The quantitative estimate of drug-likeness (QED) is 0.789. The zero-order chi connectivity index (χ0) is 13.8. The number of rotatable bonds is 6. The molecular formula is C15H29N3O. The lowest BCUT2D eigenvalue weighted by atomic mass is 10.1. The van der Waals surface area contributed by atoms with Crippen LogP contribution in [0.15, 0.2) is 0 Å². The monoisotopic (exact) mass is 267 g/mol. The summed E-state index contributed by atoms with van der Waals surface area (Å²) in [6.07, 6.45) is 4.24. The fourth-order valence-electron chi connectivity index (χ4n) is 2.68. The van der Waals surface area contributed by atoms with Gasteiger partial charge in [-0.2, -0.15) is 0 Å². The number of nitrogens with two attached hydrogens (primary N) is 1. The average molecular weight is 267 g/mol. The van der Waals surface area contributed by atoms with Crippen molar-refractivity contribution >= 4 is 5.91 Å². The van der Waals surface area contributed by atoms with Gasteiger partial charge < -0.3 is 10.6 Å². The second-order valence-corrected chi connectivity index (χ2v) is 6.61.